The fraction of sp³-hybridized carbons (Fsp3) is 0.778. The van der Waals surface area contributed by atoms with Gasteiger partial charge in [-0.2, -0.15) is 0 Å². The van der Waals surface area contributed by atoms with E-state index in [9.17, 15) is 4.79 Å². The smallest absolute Gasteiger partial charge is 0.236 e. The minimum atomic E-state index is -0.182. The topological polar surface area (TPSA) is 99.7 Å². The maximum absolute atomic E-state index is 11.1. The van der Waals surface area contributed by atoms with Crippen molar-refractivity contribution in [3.8, 4) is 0 Å². The van der Waals surface area contributed by atoms with E-state index in [1.54, 1.807) is 7.05 Å². The Labute approximate surface area is 89.9 Å². The quantitative estimate of drug-likeness (QED) is 0.153. The molecule has 0 aromatic carbocycles. The van der Waals surface area contributed by atoms with E-state index in [0.29, 0.717) is 6.42 Å². The van der Waals surface area contributed by atoms with Crippen molar-refractivity contribution in [1.29, 1.82) is 0 Å². The van der Waals surface area contributed by atoms with Crippen molar-refractivity contribution in [2.75, 3.05) is 13.6 Å². The number of unbranched alkanes of at least 4 members (excludes halogenated alkanes) is 1. The number of hydrogen-bond donors (Lipinski definition) is 4. The highest BCUT2D eigenvalue weighted by atomic mass is 16.4. The molecule has 0 aliphatic rings. The summed E-state index contributed by atoms with van der Waals surface area (Å²) in [5, 5.41) is 16.8. The fourth-order valence-electron chi connectivity index (χ4n) is 1.11. The van der Waals surface area contributed by atoms with Crippen molar-refractivity contribution in [1.82, 2.24) is 10.6 Å². The first-order valence-electron chi connectivity index (χ1n) is 5.03. The summed E-state index contributed by atoms with van der Waals surface area (Å²) in [5.74, 6) is 0.223. The molecule has 0 heterocycles. The summed E-state index contributed by atoms with van der Waals surface area (Å²) >= 11 is 0. The maximum atomic E-state index is 11.1. The van der Waals surface area contributed by atoms with Gasteiger partial charge in [0.1, 0.15) is 5.84 Å². The van der Waals surface area contributed by atoms with Crippen molar-refractivity contribution in [2.45, 2.75) is 32.2 Å². The van der Waals surface area contributed by atoms with Crippen molar-refractivity contribution < 1.29 is 10.0 Å². The van der Waals surface area contributed by atoms with Crippen LogP contribution in [0, 0.1) is 0 Å². The van der Waals surface area contributed by atoms with E-state index in [4.69, 9.17) is 10.9 Å². The van der Waals surface area contributed by atoms with Gasteiger partial charge in [0.05, 0.1) is 6.04 Å². The summed E-state index contributed by atoms with van der Waals surface area (Å²) in [6, 6.07) is -0.182. The lowest BCUT2D eigenvalue weighted by molar-refractivity contribution is -0.122. The number of nitrogens with one attached hydrogen (secondary N) is 2. The molecule has 0 bridgehead atoms. The SMILES string of the molecule is CNC(=O)C(C)NCCCCC(N)=NO. The van der Waals surface area contributed by atoms with Crippen LogP contribution in [-0.4, -0.2) is 36.6 Å². The fourth-order valence-corrected chi connectivity index (χ4v) is 1.11. The number of likely N-dealkylation sites (N-methyl/N-ethyl adjacent to an activating group) is 1. The molecule has 0 aliphatic heterocycles. The number of amidine groups is 1. The number of nitrogens with zero attached hydrogens (tertiary/aromatic N) is 1. The minimum Gasteiger partial charge on any atom is -0.409 e. The summed E-state index contributed by atoms with van der Waals surface area (Å²) in [6.07, 6.45) is 2.30. The van der Waals surface area contributed by atoms with Crippen LogP contribution in [0.5, 0.6) is 0 Å². The Hall–Kier alpha value is -1.30. The zero-order chi connectivity index (χ0) is 11.7. The number of rotatable bonds is 7. The van der Waals surface area contributed by atoms with Crippen LogP contribution >= 0.6 is 0 Å². The monoisotopic (exact) mass is 216 g/mol. The second kappa shape index (κ2) is 8.05. The van der Waals surface area contributed by atoms with Gasteiger partial charge in [-0.3, -0.25) is 4.79 Å². The van der Waals surface area contributed by atoms with Crippen molar-refractivity contribution in [3.63, 3.8) is 0 Å². The van der Waals surface area contributed by atoms with Crippen molar-refractivity contribution in [3.05, 3.63) is 0 Å². The molecule has 0 aromatic heterocycles. The Balaban J connectivity index is 3.43. The molecular weight excluding hydrogens is 196 g/mol. The Morgan fingerprint density at radius 3 is 2.73 bits per heavy atom. The number of hydrogen-bond acceptors (Lipinski definition) is 4. The van der Waals surface area contributed by atoms with Gasteiger partial charge in [-0.05, 0) is 26.3 Å². The molecule has 0 fully saturated rings. The largest absolute Gasteiger partial charge is 0.409 e. The molecule has 88 valence electrons. The Kier molecular flexibility index (Phi) is 7.35. The van der Waals surface area contributed by atoms with E-state index in [-0.39, 0.29) is 17.8 Å². The van der Waals surface area contributed by atoms with E-state index in [1.165, 1.54) is 0 Å². The van der Waals surface area contributed by atoms with Crippen LogP contribution in [0.1, 0.15) is 26.2 Å². The molecule has 0 aliphatic carbocycles. The normalized spacial score (nSPS) is 13.6. The van der Waals surface area contributed by atoms with Gasteiger partial charge in [0, 0.05) is 13.5 Å². The van der Waals surface area contributed by atoms with E-state index in [2.05, 4.69) is 15.8 Å². The van der Waals surface area contributed by atoms with Gasteiger partial charge in [0.15, 0.2) is 0 Å². The average molecular weight is 216 g/mol. The molecule has 5 N–H and O–H groups in total. The molecule has 0 rings (SSSR count). The number of carbonyl (C=O) groups is 1. The average Bonchev–Trinajstić information content (AvgIpc) is 2.26. The molecule has 0 aromatic rings. The molecule has 0 spiro atoms. The van der Waals surface area contributed by atoms with Gasteiger partial charge in [0.25, 0.3) is 0 Å². The summed E-state index contributed by atoms with van der Waals surface area (Å²) in [4.78, 5) is 11.1. The molecular formula is C9H20N4O2. The molecule has 1 unspecified atom stereocenters. The van der Waals surface area contributed by atoms with Crippen LogP contribution in [0.3, 0.4) is 0 Å². The first-order valence-corrected chi connectivity index (χ1v) is 5.03. The van der Waals surface area contributed by atoms with E-state index >= 15 is 0 Å². The molecule has 0 radical (unpaired) electrons. The zero-order valence-electron chi connectivity index (χ0n) is 9.29. The third-order valence-corrected chi connectivity index (χ3v) is 2.08. The predicted octanol–water partition coefficient (Wildman–Crippen LogP) is -0.373. The Morgan fingerprint density at radius 2 is 2.20 bits per heavy atom. The predicted molar refractivity (Wildman–Crippen MR) is 58.8 cm³/mol. The second-order valence-corrected chi connectivity index (χ2v) is 3.34. The van der Waals surface area contributed by atoms with Gasteiger partial charge in [-0.15, -0.1) is 0 Å². The van der Waals surface area contributed by atoms with Crippen LogP contribution < -0.4 is 16.4 Å². The number of carbonyl (C=O) groups excluding carboxylic acids is 1. The van der Waals surface area contributed by atoms with E-state index < -0.39 is 0 Å². The van der Waals surface area contributed by atoms with Crippen molar-refractivity contribution >= 4 is 11.7 Å². The third-order valence-electron chi connectivity index (χ3n) is 2.08. The maximum Gasteiger partial charge on any atom is 0.236 e. The number of nitrogens with two attached hydrogens (primary N) is 1. The Morgan fingerprint density at radius 1 is 1.53 bits per heavy atom. The molecule has 1 atom stereocenters. The first-order chi connectivity index (χ1) is 7.11. The minimum absolute atomic E-state index is 0.0218. The van der Waals surface area contributed by atoms with Gasteiger partial charge < -0.3 is 21.6 Å². The molecule has 6 heteroatoms. The molecule has 0 saturated heterocycles. The summed E-state index contributed by atoms with van der Waals surface area (Å²) in [6.45, 7) is 2.55. The van der Waals surface area contributed by atoms with Crippen LogP contribution in [0.4, 0.5) is 0 Å². The highest BCUT2D eigenvalue weighted by Crippen LogP contribution is 1.94. The van der Waals surface area contributed by atoms with Crippen molar-refractivity contribution in [2.24, 2.45) is 10.9 Å². The zero-order valence-corrected chi connectivity index (χ0v) is 9.29. The summed E-state index contributed by atoms with van der Waals surface area (Å²) in [5.41, 5.74) is 5.30. The Bertz CT molecular complexity index is 218. The van der Waals surface area contributed by atoms with E-state index in [1.807, 2.05) is 6.92 Å². The van der Waals surface area contributed by atoms with Gasteiger partial charge in [-0.25, -0.2) is 0 Å². The number of oxime groups is 1. The van der Waals surface area contributed by atoms with Crippen LogP contribution in [0.15, 0.2) is 5.16 Å². The van der Waals surface area contributed by atoms with Crippen LogP contribution in [0.2, 0.25) is 0 Å². The van der Waals surface area contributed by atoms with Crippen LogP contribution in [0.25, 0.3) is 0 Å². The highest BCUT2D eigenvalue weighted by Gasteiger charge is 2.08. The molecule has 6 nitrogen and oxygen atoms in total. The summed E-state index contributed by atoms with van der Waals surface area (Å²) < 4.78 is 0. The molecule has 1 amide bonds. The lowest BCUT2D eigenvalue weighted by Gasteiger charge is -2.11. The molecule has 15 heavy (non-hydrogen) atoms. The van der Waals surface area contributed by atoms with Gasteiger partial charge in [-0.1, -0.05) is 5.16 Å². The molecule has 0 saturated carbocycles. The lowest BCUT2D eigenvalue weighted by Crippen LogP contribution is -2.40. The second-order valence-electron chi connectivity index (χ2n) is 3.34. The number of amides is 1. The van der Waals surface area contributed by atoms with Gasteiger partial charge >= 0.3 is 0 Å². The lowest BCUT2D eigenvalue weighted by atomic mass is 10.2. The standard InChI is InChI=1S/C9H20N4O2/c1-7(9(14)11-2)12-6-4-3-5-8(10)13-15/h7,12,15H,3-6H2,1-2H3,(H2,10,13)(H,11,14). The van der Waals surface area contributed by atoms with E-state index in [0.717, 1.165) is 19.4 Å². The van der Waals surface area contributed by atoms with Crippen LogP contribution in [-0.2, 0) is 4.79 Å². The summed E-state index contributed by atoms with van der Waals surface area (Å²) in [7, 11) is 1.61. The first kappa shape index (κ1) is 13.7. The third kappa shape index (κ3) is 6.73. The van der Waals surface area contributed by atoms with Gasteiger partial charge in [0.2, 0.25) is 5.91 Å². The highest BCUT2D eigenvalue weighted by molar-refractivity contribution is 5.81.